The summed E-state index contributed by atoms with van der Waals surface area (Å²) in [6.45, 7) is 6.66. The lowest BCUT2D eigenvalue weighted by atomic mass is 9.74. The van der Waals surface area contributed by atoms with E-state index < -0.39 is 11.0 Å². The van der Waals surface area contributed by atoms with E-state index in [-0.39, 0.29) is 0 Å². The average molecular weight is 514 g/mol. The molecule has 1 N–H and O–H groups in total. The van der Waals surface area contributed by atoms with Crippen molar-refractivity contribution in [1.82, 2.24) is 9.88 Å². The van der Waals surface area contributed by atoms with Crippen LogP contribution in [0.15, 0.2) is 66.9 Å². The molecular formula is C31H32ClN3O2. The highest BCUT2D eigenvalue weighted by Crippen LogP contribution is 2.39. The Hall–Kier alpha value is -3.17. The van der Waals surface area contributed by atoms with Gasteiger partial charge in [0.2, 0.25) is 0 Å². The van der Waals surface area contributed by atoms with E-state index in [0.717, 1.165) is 78.2 Å². The Morgan fingerprint density at radius 2 is 1.89 bits per heavy atom. The first-order valence-electron chi connectivity index (χ1n) is 12.8. The minimum Gasteiger partial charge on any atom is -0.487 e. The highest BCUT2D eigenvalue weighted by atomic mass is 35.5. The molecular weight excluding hydrogens is 482 g/mol. The van der Waals surface area contributed by atoms with E-state index in [9.17, 15) is 10.4 Å². The van der Waals surface area contributed by atoms with Gasteiger partial charge in [-0.2, -0.15) is 5.26 Å². The standard InChI is InChI=1S/C31H32ClN3O2/c1-30(2,36)23-9-12-29-27(19-23)25(26-5-3-15-34-28(26)20-37-29)6-4-16-35-17-13-31(21-33,14-18-35)22-7-10-24(32)11-8-22/h3,5-12,15,19,36H,4,13-14,16-18,20H2,1-2H3. The second kappa shape index (κ2) is 10.3. The number of hydrogen-bond acceptors (Lipinski definition) is 5. The number of nitriles is 1. The van der Waals surface area contributed by atoms with E-state index in [4.69, 9.17) is 16.3 Å². The summed E-state index contributed by atoms with van der Waals surface area (Å²) in [5, 5.41) is 21.4. The number of piperidine rings is 1. The minimum absolute atomic E-state index is 0.412. The number of likely N-dealkylation sites (tertiary alicyclic amines) is 1. The summed E-state index contributed by atoms with van der Waals surface area (Å²) in [6.07, 6.45) is 6.54. The molecule has 0 bridgehead atoms. The van der Waals surface area contributed by atoms with Crippen LogP contribution in [0.3, 0.4) is 0 Å². The van der Waals surface area contributed by atoms with Crippen LogP contribution in [-0.2, 0) is 17.6 Å². The van der Waals surface area contributed by atoms with Crippen molar-refractivity contribution >= 4 is 17.2 Å². The molecule has 190 valence electrons. The predicted molar refractivity (Wildman–Crippen MR) is 146 cm³/mol. The second-order valence-corrected chi connectivity index (χ2v) is 10.9. The van der Waals surface area contributed by atoms with Gasteiger partial charge in [-0.05, 0) is 93.2 Å². The van der Waals surface area contributed by atoms with Crippen molar-refractivity contribution in [3.8, 4) is 11.8 Å². The molecule has 6 heteroatoms. The molecule has 1 aromatic heterocycles. The lowest BCUT2D eigenvalue weighted by Gasteiger charge is -2.37. The monoisotopic (exact) mass is 513 g/mol. The number of aromatic nitrogens is 1. The Bertz CT molecular complexity index is 1340. The SMILES string of the molecule is CC(C)(O)c1ccc2c(c1)C(=CCCN1CCC(C#N)(c3ccc(Cl)cc3)CC1)c1cccnc1CO2. The molecule has 0 radical (unpaired) electrons. The van der Waals surface area contributed by atoms with Gasteiger partial charge < -0.3 is 14.7 Å². The van der Waals surface area contributed by atoms with Crippen LogP contribution >= 0.6 is 11.6 Å². The fourth-order valence-corrected chi connectivity index (χ4v) is 5.47. The summed E-state index contributed by atoms with van der Waals surface area (Å²) in [5.41, 5.74) is 4.56. The van der Waals surface area contributed by atoms with Crippen LogP contribution in [0.5, 0.6) is 5.75 Å². The van der Waals surface area contributed by atoms with E-state index in [1.165, 1.54) is 0 Å². The molecule has 3 heterocycles. The van der Waals surface area contributed by atoms with Crippen molar-refractivity contribution in [2.75, 3.05) is 19.6 Å². The van der Waals surface area contributed by atoms with Crippen molar-refractivity contribution in [1.29, 1.82) is 5.26 Å². The highest BCUT2D eigenvalue weighted by Gasteiger charge is 2.36. The zero-order valence-corrected chi connectivity index (χ0v) is 22.1. The number of benzene rings is 2. The van der Waals surface area contributed by atoms with Crippen molar-refractivity contribution in [2.45, 2.75) is 50.7 Å². The van der Waals surface area contributed by atoms with Crippen LogP contribution in [0.25, 0.3) is 5.57 Å². The van der Waals surface area contributed by atoms with E-state index in [1.807, 2.05) is 48.5 Å². The number of pyridine rings is 1. The predicted octanol–water partition coefficient (Wildman–Crippen LogP) is 6.23. The number of ether oxygens (including phenoxy) is 1. The van der Waals surface area contributed by atoms with Gasteiger partial charge in [0.05, 0.1) is 22.8 Å². The molecule has 1 fully saturated rings. The second-order valence-electron chi connectivity index (χ2n) is 10.5. The lowest BCUT2D eigenvalue weighted by molar-refractivity contribution is 0.0785. The third-order valence-corrected chi connectivity index (χ3v) is 7.89. The number of nitrogens with zero attached hydrogens (tertiary/aromatic N) is 3. The molecule has 2 aliphatic heterocycles. The number of halogens is 1. The molecule has 3 aromatic rings. The molecule has 37 heavy (non-hydrogen) atoms. The maximum atomic E-state index is 10.6. The van der Waals surface area contributed by atoms with Gasteiger partial charge in [0.1, 0.15) is 12.4 Å². The number of fused-ring (bicyclic) bond motifs is 2. The van der Waals surface area contributed by atoms with Gasteiger partial charge in [0.15, 0.2) is 0 Å². The molecule has 0 amide bonds. The normalized spacial score (nSPS) is 18.3. The van der Waals surface area contributed by atoms with Gasteiger partial charge in [0.25, 0.3) is 0 Å². The Kier molecular flexibility index (Phi) is 7.09. The third kappa shape index (κ3) is 5.29. The van der Waals surface area contributed by atoms with E-state index in [0.29, 0.717) is 11.6 Å². The molecule has 1 saturated heterocycles. The first-order chi connectivity index (χ1) is 17.8. The summed E-state index contributed by atoms with van der Waals surface area (Å²) in [4.78, 5) is 7.02. The molecule has 2 aliphatic rings. The molecule has 0 aliphatic carbocycles. The Labute approximate surface area is 224 Å². The van der Waals surface area contributed by atoms with E-state index in [1.54, 1.807) is 20.0 Å². The van der Waals surface area contributed by atoms with Gasteiger partial charge in [-0.15, -0.1) is 0 Å². The largest absolute Gasteiger partial charge is 0.487 e. The fraction of sp³-hybridized carbons (Fsp3) is 0.355. The lowest BCUT2D eigenvalue weighted by Crippen LogP contribution is -2.42. The van der Waals surface area contributed by atoms with Crippen LogP contribution in [-0.4, -0.2) is 34.6 Å². The van der Waals surface area contributed by atoms with E-state index in [2.05, 4.69) is 28.1 Å². The van der Waals surface area contributed by atoms with Gasteiger partial charge in [-0.1, -0.05) is 41.9 Å². The maximum absolute atomic E-state index is 10.6. The fourth-order valence-electron chi connectivity index (χ4n) is 5.34. The van der Waals surface area contributed by atoms with Gasteiger partial charge in [-0.25, -0.2) is 0 Å². The maximum Gasteiger partial charge on any atom is 0.131 e. The minimum atomic E-state index is -0.949. The number of rotatable bonds is 5. The van der Waals surface area contributed by atoms with Crippen LogP contribution in [0, 0.1) is 11.3 Å². The van der Waals surface area contributed by atoms with Gasteiger partial charge in [0, 0.05) is 28.9 Å². The molecule has 0 atom stereocenters. The third-order valence-electron chi connectivity index (χ3n) is 7.64. The molecule has 5 nitrogen and oxygen atoms in total. The van der Waals surface area contributed by atoms with Crippen LogP contribution < -0.4 is 4.74 Å². The van der Waals surface area contributed by atoms with Crippen molar-refractivity contribution < 1.29 is 9.84 Å². The first-order valence-corrected chi connectivity index (χ1v) is 13.2. The number of hydrogen-bond donors (Lipinski definition) is 1. The summed E-state index contributed by atoms with van der Waals surface area (Å²) in [6, 6.07) is 20.3. The summed E-state index contributed by atoms with van der Waals surface area (Å²) in [5.74, 6) is 0.803. The molecule has 5 rings (SSSR count). The number of aliphatic hydroxyl groups is 1. The average Bonchev–Trinajstić information content (AvgIpc) is 3.06. The van der Waals surface area contributed by atoms with Crippen molar-refractivity contribution in [3.05, 3.63) is 99.8 Å². The van der Waals surface area contributed by atoms with Crippen LogP contribution in [0.2, 0.25) is 5.02 Å². The van der Waals surface area contributed by atoms with Crippen molar-refractivity contribution in [2.24, 2.45) is 0 Å². The summed E-state index contributed by atoms with van der Waals surface area (Å²) >= 11 is 6.07. The zero-order chi connectivity index (χ0) is 26.0. The van der Waals surface area contributed by atoms with Gasteiger partial charge >= 0.3 is 0 Å². The van der Waals surface area contributed by atoms with E-state index >= 15 is 0 Å². The van der Waals surface area contributed by atoms with Gasteiger partial charge in [-0.3, -0.25) is 4.98 Å². The van der Waals surface area contributed by atoms with Crippen molar-refractivity contribution in [3.63, 3.8) is 0 Å². The smallest absolute Gasteiger partial charge is 0.131 e. The molecule has 2 aromatic carbocycles. The highest BCUT2D eigenvalue weighted by molar-refractivity contribution is 6.30. The quantitative estimate of drug-likeness (QED) is 0.437. The molecule has 0 saturated carbocycles. The van der Waals surface area contributed by atoms with Crippen LogP contribution in [0.4, 0.5) is 0 Å². The summed E-state index contributed by atoms with van der Waals surface area (Å²) in [7, 11) is 0. The zero-order valence-electron chi connectivity index (χ0n) is 21.4. The Morgan fingerprint density at radius 1 is 1.14 bits per heavy atom. The Balaban J connectivity index is 1.36. The summed E-state index contributed by atoms with van der Waals surface area (Å²) < 4.78 is 6.12. The first kappa shape index (κ1) is 25.5. The Morgan fingerprint density at radius 3 is 2.59 bits per heavy atom. The topological polar surface area (TPSA) is 69.4 Å². The van der Waals surface area contributed by atoms with Crippen LogP contribution in [0.1, 0.15) is 61.1 Å². The molecule has 0 spiro atoms. The molecule has 0 unspecified atom stereocenters.